The minimum Gasteiger partial charge on any atom is -0.488 e. The SMILES string of the molecule is O[C@H]1CCC[C@@H]1Oc1ccc(Cc2ccccc2)cc1. The molecule has 2 nitrogen and oxygen atoms in total. The Balaban J connectivity index is 1.62. The van der Waals surface area contributed by atoms with Gasteiger partial charge in [-0.05, 0) is 48.9 Å². The second-order valence-electron chi connectivity index (χ2n) is 5.46. The van der Waals surface area contributed by atoms with Crippen LogP contribution in [0.4, 0.5) is 0 Å². The monoisotopic (exact) mass is 268 g/mol. The molecule has 20 heavy (non-hydrogen) atoms. The topological polar surface area (TPSA) is 29.5 Å². The van der Waals surface area contributed by atoms with Gasteiger partial charge in [-0.25, -0.2) is 0 Å². The normalized spacial score (nSPS) is 21.9. The lowest BCUT2D eigenvalue weighted by Crippen LogP contribution is -2.25. The summed E-state index contributed by atoms with van der Waals surface area (Å²) in [7, 11) is 0. The molecule has 2 aromatic rings. The first kappa shape index (κ1) is 13.2. The molecule has 1 saturated carbocycles. The van der Waals surface area contributed by atoms with E-state index in [-0.39, 0.29) is 12.2 Å². The molecule has 2 aromatic carbocycles. The molecular weight excluding hydrogens is 248 g/mol. The predicted molar refractivity (Wildman–Crippen MR) is 80.0 cm³/mol. The molecule has 0 bridgehead atoms. The second-order valence-corrected chi connectivity index (χ2v) is 5.46. The van der Waals surface area contributed by atoms with Crippen LogP contribution >= 0.6 is 0 Å². The summed E-state index contributed by atoms with van der Waals surface area (Å²) in [6.45, 7) is 0. The lowest BCUT2D eigenvalue weighted by atomic mass is 10.1. The minimum absolute atomic E-state index is 0.0324. The van der Waals surface area contributed by atoms with Gasteiger partial charge in [-0.3, -0.25) is 0 Å². The Hall–Kier alpha value is -1.80. The van der Waals surface area contributed by atoms with Crippen molar-refractivity contribution in [2.45, 2.75) is 37.9 Å². The highest BCUT2D eigenvalue weighted by Gasteiger charge is 2.26. The van der Waals surface area contributed by atoms with Gasteiger partial charge in [-0.15, -0.1) is 0 Å². The molecule has 1 aliphatic carbocycles. The molecule has 1 N–H and O–H groups in total. The molecule has 0 aliphatic heterocycles. The largest absolute Gasteiger partial charge is 0.488 e. The molecule has 1 fully saturated rings. The van der Waals surface area contributed by atoms with E-state index in [1.165, 1.54) is 11.1 Å². The second kappa shape index (κ2) is 6.10. The van der Waals surface area contributed by atoms with E-state index in [0.29, 0.717) is 0 Å². The summed E-state index contributed by atoms with van der Waals surface area (Å²) in [4.78, 5) is 0. The van der Waals surface area contributed by atoms with Crippen LogP contribution in [0.25, 0.3) is 0 Å². The van der Waals surface area contributed by atoms with Crippen LogP contribution < -0.4 is 4.74 Å². The Morgan fingerprint density at radius 1 is 0.900 bits per heavy atom. The number of aliphatic hydroxyl groups is 1. The number of benzene rings is 2. The van der Waals surface area contributed by atoms with Crippen molar-refractivity contribution < 1.29 is 9.84 Å². The van der Waals surface area contributed by atoms with Gasteiger partial charge < -0.3 is 9.84 Å². The maximum Gasteiger partial charge on any atom is 0.124 e. The van der Waals surface area contributed by atoms with Crippen LogP contribution in [-0.4, -0.2) is 17.3 Å². The third kappa shape index (κ3) is 3.20. The van der Waals surface area contributed by atoms with Crippen LogP contribution in [0.5, 0.6) is 5.75 Å². The minimum atomic E-state index is -0.306. The summed E-state index contributed by atoms with van der Waals surface area (Å²) in [6, 6.07) is 18.6. The highest BCUT2D eigenvalue weighted by atomic mass is 16.5. The highest BCUT2D eigenvalue weighted by Crippen LogP contribution is 2.25. The summed E-state index contributed by atoms with van der Waals surface area (Å²) in [5, 5.41) is 9.77. The van der Waals surface area contributed by atoms with E-state index >= 15 is 0 Å². The van der Waals surface area contributed by atoms with Crippen LogP contribution in [0.2, 0.25) is 0 Å². The zero-order valence-electron chi connectivity index (χ0n) is 11.5. The number of hydrogen-bond donors (Lipinski definition) is 1. The molecule has 2 heteroatoms. The van der Waals surface area contributed by atoms with E-state index in [2.05, 4.69) is 36.4 Å². The molecule has 0 heterocycles. The Morgan fingerprint density at radius 2 is 1.60 bits per heavy atom. The van der Waals surface area contributed by atoms with Crippen LogP contribution in [0.3, 0.4) is 0 Å². The average Bonchev–Trinajstić information content (AvgIpc) is 2.88. The molecule has 0 amide bonds. The third-order valence-electron chi connectivity index (χ3n) is 3.88. The molecule has 104 valence electrons. The number of hydrogen-bond acceptors (Lipinski definition) is 2. The summed E-state index contributed by atoms with van der Waals surface area (Å²) >= 11 is 0. The quantitative estimate of drug-likeness (QED) is 0.918. The maximum atomic E-state index is 9.77. The molecule has 2 atom stereocenters. The first-order valence-corrected chi connectivity index (χ1v) is 7.29. The molecule has 0 saturated heterocycles. The van der Waals surface area contributed by atoms with Gasteiger partial charge in [0.2, 0.25) is 0 Å². The van der Waals surface area contributed by atoms with E-state index < -0.39 is 0 Å². The van der Waals surface area contributed by atoms with Gasteiger partial charge in [0.15, 0.2) is 0 Å². The van der Waals surface area contributed by atoms with Gasteiger partial charge in [0, 0.05) is 0 Å². The van der Waals surface area contributed by atoms with E-state index in [9.17, 15) is 5.11 Å². The average molecular weight is 268 g/mol. The fraction of sp³-hybridized carbons (Fsp3) is 0.333. The first-order valence-electron chi connectivity index (χ1n) is 7.29. The van der Waals surface area contributed by atoms with Crippen LogP contribution in [0, 0.1) is 0 Å². The Bertz CT molecular complexity index is 533. The van der Waals surface area contributed by atoms with Crippen LogP contribution in [0.15, 0.2) is 54.6 Å². The van der Waals surface area contributed by atoms with Crippen molar-refractivity contribution >= 4 is 0 Å². The van der Waals surface area contributed by atoms with Gasteiger partial charge in [0.05, 0.1) is 6.10 Å². The van der Waals surface area contributed by atoms with E-state index in [1.54, 1.807) is 0 Å². The number of rotatable bonds is 4. The Kier molecular flexibility index (Phi) is 4.03. The zero-order chi connectivity index (χ0) is 13.8. The maximum absolute atomic E-state index is 9.77. The molecular formula is C18H20O2. The van der Waals surface area contributed by atoms with Crippen molar-refractivity contribution in [1.29, 1.82) is 0 Å². The summed E-state index contributed by atoms with van der Waals surface area (Å²) < 4.78 is 5.84. The van der Waals surface area contributed by atoms with E-state index in [4.69, 9.17) is 4.74 Å². The van der Waals surface area contributed by atoms with Crippen molar-refractivity contribution in [3.05, 3.63) is 65.7 Å². The molecule has 0 aromatic heterocycles. The number of aliphatic hydroxyl groups excluding tert-OH is 1. The summed E-state index contributed by atoms with van der Waals surface area (Å²) in [5.74, 6) is 0.854. The molecule has 0 unspecified atom stereocenters. The smallest absolute Gasteiger partial charge is 0.124 e. The molecule has 3 rings (SSSR count). The van der Waals surface area contributed by atoms with Crippen molar-refractivity contribution in [2.75, 3.05) is 0 Å². The zero-order valence-corrected chi connectivity index (χ0v) is 11.5. The van der Waals surface area contributed by atoms with Gasteiger partial charge in [-0.1, -0.05) is 42.5 Å². The first-order chi connectivity index (χ1) is 9.81. The summed E-state index contributed by atoms with van der Waals surface area (Å²) in [6.07, 6.45) is 3.46. The van der Waals surface area contributed by atoms with E-state index in [1.807, 2.05) is 18.2 Å². The lowest BCUT2D eigenvalue weighted by Gasteiger charge is -2.17. The number of ether oxygens (including phenoxy) is 1. The van der Waals surface area contributed by atoms with Crippen molar-refractivity contribution in [1.82, 2.24) is 0 Å². The van der Waals surface area contributed by atoms with E-state index in [0.717, 1.165) is 31.4 Å². The standard InChI is InChI=1S/C18H20O2/c19-17-7-4-8-18(17)20-16-11-9-15(10-12-16)13-14-5-2-1-3-6-14/h1-3,5-6,9-12,17-19H,4,7-8,13H2/t17-,18-/m0/s1. The third-order valence-corrected chi connectivity index (χ3v) is 3.88. The highest BCUT2D eigenvalue weighted by molar-refractivity contribution is 5.31. The molecule has 0 radical (unpaired) electrons. The van der Waals surface area contributed by atoms with Gasteiger partial charge in [0.1, 0.15) is 11.9 Å². The fourth-order valence-corrected chi connectivity index (χ4v) is 2.74. The Labute approximate surface area is 120 Å². The van der Waals surface area contributed by atoms with Crippen molar-refractivity contribution in [2.24, 2.45) is 0 Å². The predicted octanol–water partition coefficient (Wildman–Crippen LogP) is 3.57. The van der Waals surface area contributed by atoms with Crippen LogP contribution in [0.1, 0.15) is 30.4 Å². The molecule has 0 spiro atoms. The molecule has 1 aliphatic rings. The van der Waals surface area contributed by atoms with Gasteiger partial charge in [-0.2, -0.15) is 0 Å². The summed E-state index contributed by atoms with van der Waals surface area (Å²) in [5.41, 5.74) is 2.59. The Morgan fingerprint density at radius 3 is 2.25 bits per heavy atom. The van der Waals surface area contributed by atoms with Crippen molar-refractivity contribution in [3.8, 4) is 5.75 Å². The van der Waals surface area contributed by atoms with Crippen molar-refractivity contribution in [3.63, 3.8) is 0 Å². The van der Waals surface area contributed by atoms with Gasteiger partial charge >= 0.3 is 0 Å². The fourth-order valence-electron chi connectivity index (χ4n) is 2.74. The van der Waals surface area contributed by atoms with Crippen LogP contribution in [-0.2, 0) is 6.42 Å². The lowest BCUT2D eigenvalue weighted by molar-refractivity contribution is 0.0604. The van der Waals surface area contributed by atoms with Gasteiger partial charge in [0.25, 0.3) is 0 Å².